The number of carbonyl (C=O) groups excluding carboxylic acids is 1. The second kappa shape index (κ2) is 6.35. The third kappa shape index (κ3) is 3.78. The number of pyridine rings is 1. The van der Waals surface area contributed by atoms with Crippen LogP contribution in [-0.2, 0) is 4.79 Å². The molecule has 0 radical (unpaired) electrons. The molecule has 1 atom stereocenters. The van der Waals surface area contributed by atoms with Crippen LogP contribution in [0.1, 0.15) is 30.6 Å². The molecule has 5 nitrogen and oxygen atoms in total. The third-order valence-electron chi connectivity index (χ3n) is 3.38. The summed E-state index contributed by atoms with van der Waals surface area (Å²) in [7, 11) is 0. The van der Waals surface area contributed by atoms with E-state index in [1.54, 1.807) is 24.4 Å². The highest BCUT2D eigenvalue weighted by molar-refractivity contribution is 5.98. The zero-order valence-electron chi connectivity index (χ0n) is 12.0. The molecule has 0 aliphatic carbocycles. The quantitative estimate of drug-likeness (QED) is 0.885. The van der Waals surface area contributed by atoms with Gasteiger partial charge in [0.2, 0.25) is 0 Å². The average molecular weight is 286 g/mol. The van der Waals surface area contributed by atoms with Gasteiger partial charge in [0.05, 0.1) is 11.9 Å². The highest BCUT2D eigenvalue weighted by atomic mass is 16.4. The molecule has 0 aliphatic heterocycles. The Balaban J connectivity index is 2.18. The fourth-order valence-corrected chi connectivity index (χ4v) is 2.11. The van der Waals surface area contributed by atoms with E-state index in [2.05, 4.69) is 10.3 Å². The van der Waals surface area contributed by atoms with Crippen LogP contribution < -0.4 is 5.32 Å². The first kappa shape index (κ1) is 15.0. The molecule has 0 saturated carbocycles. The van der Waals surface area contributed by atoms with E-state index < -0.39 is 5.97 Å². The van der Waals surface area contributed by atoms with E-state index in [1.165, 1.54) is 0 Å². The van der Waals surface area contributed by atoms with Crippen LogP contribution in [0.3, 0.4) is 0 Å². The van der Waals surface area contributed by atoms with Crippen LogP contribution in [0.25, 0.3) is 10.9 Å². The van der Waals surface area contributed by atoms with E-state index in [-0.39, 0.29) is 24.3 Å². The van der Waals surface area contributed by atoms with Crippen molar-refractivity contribution in [3.63, 3.8) is 0 Å². The van der Waals surface area contributed by atoms with Crippen molar-refractivity contribution < 1.29 is 14.7 Å². The normalized spacial score (nSPS) is 12.3. The highest BCUT2D eigenvalue weighted by Gasteiger charge is 2.20. The largest absolute Gasteiger partial charge is 0.481 e. The van der Waals surface area contributed by atoms with E-state index in [1.807, 2.05) is 26.0 Å². The number of aliphatic carboxylic acids is 1. The van der Waals surface area contributed by atoms with Crippen molar-refractivity contribution in [2.24, 2.45) is 5.92 Å². The number of fused-ring (bicyclic) bond motifs is 1. The summed E-state index contributed by atoms with van der Waals surface area (Å²) in [5.41, 5.74) is 1.33. The first-order valence-electron chi connectivity index (χ1n) is 6.85. The number of carboxylic acid groups (broad SMARTS) is 1. The van der Waals surface area contributed by atoms with Gasteiger partial charge < -0.3 is 10.4 Å². The van der Waals surface area contributed by atoms with Gasteiger partial charge in [0.1, 0.15) is 0 Å². The Morgan fingerprint density at radius 1 is 1.29 bits per heavy atom. The second-order valence-corrected chi connectivity index (χ2v) is 5.33. The van der Waals surface area contributed by atoms with Gasteiger partial charge in [0, 0.05) is 23.2 Å². The molecule has 5 heteroatoms. The van der Waals surface area contributed by atoms with Crippen LogP contribution in [0.15, 0.2) is 36.5 Å². The first-order valence-corrected chi connectivity index (χ1v) is 6.85. The molecule has 110 valence electrons. The van der Waals surface area contributed by atoms with Crippen molar-refractivity contribution in [2.45, 2.75) is 26.3 Å². The minimum atomic E-state index is -0.920. The topological polar surface area (TPSA) is 79.3 Å². The Hall–Kier alpha value is -2.43. The van der Waals surface area contributed by atoms with E-state index in [0.717, 1.165) is 10.9 Å². The molecule has 1 heterocycles. The molecule has 0 saturated heterocycles. The molecule has 2 aromatic rings. The smallest absolute Gasteiger partial charge is 0.305 e. The molecule has 2 N–H and O–H groups in total. The van der Waals surface area contributed by atoms with Gasteiger partial charge in [-0.1, -0.05) is 19.9 Å². The summed E-state index contributed by atoms with van der Waals surface area (Å²) in [6.07, 6.45) is 1.61. The van der Waals surface area contributed by atoms with Crippen LogP contribution in [0.4, 0.5) is 0 Å². The molecule has 0 fully saturated rings. The predicted octanol–water partition coefficient (Wildman–Crippen LogP) is 2.46. The molecule has 1 aromatic carbocycles. The molecule has 0 bridgehead atoms. The lowest BCUT2D eigenvalue weighted by Gasteiger charge is -2.20. The summed E-state index contributed by atoms with van der Waals surface area (Å²) < 4.78 is 0. The number of hydrogen-bond donors (Lipinski definition) is 2. The van der Waals surface area contributed by atoms with E-state index in [4.69, 9.17) is 5.11 Å². The highest BCUT2D eigenvalue weighted by Crippen LogP contribution is 2.14. The van der Waals surface area contributed by atoms with Gasteiger partial charge >= 0.3 is 5.97 Å². The van der Waals surface area contributed by atoms with Crippen molar-refractivity contribution >= 4 is 22.8 Å². The van der Waals surface area contributed by atoms with E-state index in [0.29, 0.717) is 5.56 Å². The summed E-state index contributed by atoms with van der Waals surface area (Å²) in [4.78, 5) is 27.3. The fourth-order valence-electron chi connectivity index (χ4n) is 2.11. The maximum atomic E-state index is 12.3. The van der Waals surface area contributed by atoms with E-state index >= 15 is 0 Å². The van der Waals surface area contributed by atoms with Gasteiger partial charge in [0.15, 0.2) is 0 Å². The number of carboxylic acids is 1. The molecule has 0 spiro atoms. The first-order chi connectivity index (χ1) is 9.97. The summed E-state index contributed by atoms with van der Waals surface area (Å²) in [5, 5.41) is 12.6. The number of carbonyl (C=O) groups is 2. The van der Waals surface area contributed by atoms with Crippen molar-refractivity contribution in [2.75, 3.05) is 0 Å². The lowest BCUT2D eigenvalue weighted by atomic mass is 10.0. The Kier molecular flexibility index (Phi) is 4.52. The number of rotatable bonds is 5. The van der Waals surface area contributed by atoms with Gasteiger partial charge in [-0.3, -0.25) is 14.6 Å². The Labute approximate surface area is 123 Å². The molecule has 1 aromatic heterocycles. The van der Waals surface area contributed by atoms with Gasteiger partial charge in [-0.25, -0.2) is 0 Å². The minimum absolute atomic E-state index is 0.0483. The number of amides is 1. The Morgan fingerprint density at radius 3 is 2.71 bits per heavy atom. The van der Waals surface area contributed by atoms with Gasteiger partial charge in [-0.05, 0) is 30.2 Å². The van der Waals surface area contributed by atoms with Gasteiger partial charge in [-0.2, -0.15) is 0 Å². The molecule has 2 rings (SSSR count). The lowest BCUT2D eigenvalue weighted by Crippen LogP contribution is -2.40. The molecular weight excluding hydrogens is 268 g/mol. The van der Waals surface area contributed by atoms with Crippen LogP contribution in [0.5, 0.6) is 0 Å². The zero-order valence-corrected chi connectivity index (χ0v) is 12.0. The third-order valence-corrected chi connectivity index (χ3v) is 3.38. The van der Waals surface area contributed by atoms with Crippen molar-refractivity contribution in [1.29, 1.82) is 0 Å². The van der Waals surface area contributed by atoms with E-state index in [9.17, 15) is 9.59 Å². The van der Waals surface area contributed by atoms with Crippen LogP contribution in [-0.4, -0.2) is 28.0 Å². The van der Waals surface area contributed by atoms with Crippen LogP contribution >= 0.6 is 0 Å². The van der Waals surface area contributed by atoms with Gasteiger partial charge in [-0.15, -0.1) is 0 Å². The maximum Gasteiger partial charge on any atom is 0.305 e. The number of nitrogens with zero attached hydrogens (tertiary/aromatic N) is 1. The predicted molar refractivity (Wildman–Crippen MR) is 80.1 cm³/mol. The SMILES string of the molecule is CC(C)C(CC(=O)O)NC(=O)c1ccc2ncccc2c1. The Morgan fingerprint density at radius 2 is 2.05 bits per heavy atom. The summed E-state index contributed by atoms with van der Waals surface area (Å²) in [5.74, 6) is -1.13. The van der Waals surface area contributed by atoms with Crippen LogP contribution in [0.2, 0.25) is 0 Å². The summed E-state index contributed by atoms with van der Waals surface area (Å²) >= 11 is 0. The van der Waals surface area contributed by atoms with Crippen LogP contribution in [0, 0.1) is 5.92 Å². The molecule has 1 unspecified atom stereocenters. The number of nitrogens with one attached hydrogen (secondary N) is 1. The second-order valence-electron chi connectivity index (χ2n) is 5.33. The molecule has 21 heavy (non-hydrogen) atoms. The Bertz CT molecular complexity index is 667. The molecule has 1 amide bonds. The fraction of sp³-hybridized carbons (Fsp3) is 0.312. The zero-order chi connectivity index (χ0) is 15.4. The minimum Gasteiger partial charge on any atom is -0.481 e. The average Bonchev–Trinajstić information content (AvgIpc) is 2.45. The monoisotopic (exact) mass is 286 g/mol. The number of benzene rings is 1. The van der Waals surface area contributed by atoms with Gasteiger partial charge in [0.25, 0.3) is 5.91 Å². The lowest BCUT2D eigenvalue weighted by molar-refractivity contribution is -0.137. The maximum absolute atomic E-state index is 12.3. The van der Waals surface area contributed by atoms with Crippen molar-refractivity contribution in [1.82, 2.24) is 10.3 Å². The molecule has 0 aliphatic rings. The number of hydrogen-bond acceptors (Lipinski definition) is 3. The summed E-state index contributed by atoms with van der Waals surface area (Å²) in [6.45, 7) is 3.77. The standard InChI is InChI=1S/C16H18N2O3/c1-10(2)14(9-15(19)20)18-16(21)12-5-6-13-11(8-12)4-3-7-17-13/h3-8,10,14H,9H2,1-2H3,(H,18,21)(H,19,20). The van der Waals surface area contributed by atoms with Crippen molar-refractivity contribution in [3.05, 3.63) is 42.1 Å². The van der Waals surface area contributed by atoms with Crippen molar-refractivity contribution in [3.8, 4) is 0 Å². The summed E-state index contributed by atoms with van der Waals surface area (Å²) in [6, 6.07) is 8.55. The molecular formula is C16H18N2O3. The number of aromatic nitrogens is 1.